The third-order valence-electron chi connectivity index (χ3n) is 1.92. The van der Waals surface area contributed by atoms with Crippen LogP contribution in [0.1, 0.15) is 6.92 Å². The topological polar surface area (TPSA) is 74.6 Å². The number of hydrazone groups is 1. The number of nitrogens with zero attached hydrogens (tertiary/aromatic N) is 2. The van der Waals surface area contributed by atoms with Crippen LogP contribution in [0.15, 0.2) is 29.4 Å². The lowest BCUT2D eigenvalue weighted by Gasteiger charge is -1.93. The number of aliphatic carboxylic acids is 1. The molecule has 82 valence electrons. The highest BCUT2D eigenvalue weighted by Crippen LogP contribution is 2.25. The molecule has 5 nitrogen and oxygen atoms in total. The van der Waals surface area contributed by atoms with E-state index in [-0.39, 0.29) is 5.71 Å². The lowest BCUT2D eigenvalue weighted by Crippen LogP contribution is -2.10. The molecule has 0 bridgehead atoms. The number of aromatic nitrogens is 1. The van der Waals surface area contributed by atoms with Gasteiger partial charge in [-0.25, -0.2) is 9.78 Å². The molecule has 0 spiro atoms. The van der Waals surface area contributed by atoms with Crippen molar-refractivity contribution >= 4 is 38.4 Å². The number of thiazole rings is 1. The molecule has 2 N–H and O–H groups in total. The summed E-state index contributed by atoms with van der Waals surface area (Å²) in [4.78, 5) is 14.8. The minimum atomic E-state index is -1.05. The monoisotopic (exact) mass is 235 g/mol. The fourth-order valence-electron chi connectivity index (χ4n) is 1.10. The third kappa shape index (κ3) is 2.17. The van der Waals surface area contributed by atoms with Gasteiger partial charge in [0.15, 0.2) is 0 Å². The number of benzene rings is 1. The molecule has 0 unspecified atom stereocenters. The van der Waals surface area contributed by atoms with Gasteiger partial charge >= 0.3 is 5.97 Å². The van der Waals surface area contributed by atoms with Crippen molar-refractivity contribution in [3.05, 3.63) is 24.3 Å². The van der Waals surface area contributed by atoms with Crippen LogP contribution < -0.4 is 5.43 Å². The normalized spacial score (nSPS) is 11.7. The fourth-order valence-corrected chi connectivity index (χ4v) is 1.91. The second-order valence-electron chi connectivity index (χ2n) is 3.10. The lowest BCUT2D eigenvalue weighted by molar-refractivity contribution is -0.129. The minimum Gasteiger partial charge on any atom is -0.477 e. The van der Waals surface area contributed by atoms with Gasteiger partial charge in [-0.05, 0) is 19.1 Å². The molecule has 2 aromatic rings. The van der Waals surface area contributed by atoms with Crippen LogP contribution in [0, 0.1) is 0 Å². The van der Waals surface area contributed by atoms with Crippen LogP contribution in [0.25, 0.3) is 10.2 Å². The average molecular weight is 235 g/mol. The SMILES string of the molecule is C/C(=N\Nc1nc2ccccc2s1)C(=O)O. The van der Waals surface area contributed by atoms with E-state index in [4.69, 9.17) is 5.11 Å². The molecule has 2 rings (SSSR count). The van der Waals surface area contributed by atoms with Crippen molar-refractivity contribution < 1.29 is 9.90 Å². The van der Waals surface area contributed by atoms with Crippen molar-refractivity contribution in [2.75, 3.05) is 5.43 Å². The summed E-state index contributed by atoms with van der Waals surface area (Å²) in [5, 5.41) is 12.9. The lowest BCUT2D eigenvalue weighted by atomic mass is 10.3. The van der Waals surface area contributed by atoms with E-state index in [9.17, 15) is 4.79 Å². The van der Waals surface area contributed by atoms with Crippen molar-refractivity contribution in [2.45, 2.75) is 6.92 Å². The summed E-state index contributed by atoms with van der Waals surface area (Å²) in [6.45, 7) is 1.42. The van der Waals surface area contributed by atoms with Crippen LogP contribution in [0.4, 0.5) is 5.13 Å². The highest BCUT2D eigenvalue weighted by Gasteiger charge is 2.04. The second-order valence-corrected chi connectivity index (χ2v) is 4.13. The van der Waals surface area contributed by atoms with Gasteiger partial charge in [-0.1, -0.05) is 23.5 Å². The van der Waals surface area contributed by atoms with E-state index in [1.54, 1.807) is 0 Å². The van der Waals surface area contributed by atoms with E-state index < -0.39 is 5.97 Å². The van der Waals surface area contributed by atoms with Crippen molar-refractivity contribution in [2.24, 2.45) is 5.10 Å². The van der Waals surface area contributed by atoms with E-state index in [0.29, 0.717) is 5.13 Å². The Kier molecular flexibility index (Phi) is 2.82. The molecule has 0 aliphatic carbocycles. The van der Waals surface area contributed by atoms with Crippen LogP contribution in [0.2, 0.25) is 0 Å². The standard InChI is InChI=1S/C10H9N3O2S/c1-6(9(14)15)12-13-10-11-7-4-2-3-5-8(7)16-10/h2-5H,1H3,(H,11,13)(H,14,15)/b12-6+. The maximum Gasteiger partial charge on any atom is 0.351 e. The Morgan fingerprint density at radius 3 is 2.94 bits per heavy atom. The molecule has 1 aromatic carbocycles. The first kappa shape index (κ1) is 10.6. The van der Waals surface area contributed by atoms with Crippen LogP contribution >= 0.6 is 11.3 Å². The summed E-state index contributed by atoms with van der Waals surface area (Å²) in [6.07, 6.45) is 0. The number of anilines is 1. The molecule has 0 radical (unpaired) electrons. The molecule has 1 aromatic heterocycles. The molecule has 16 heavy (non-hydrogen) atoms. The number of hydrogen-bond donors (Lipinski definition) is 2. The van der Waals surface area contributed by atoms with Crippen LogP contribution in [0.5, 0.6) is 0 Å². The summed E-state index contributed by atoms with van der Waals surface area (Å²) in [6, 6.07) is 7.67. The Hall–Kier alpha value is -1.95. The fraction of sp³-hybridized carbons (Fsp3) is 0.100. The Bertz CT molecular complexity index is 529. The van der Waals surface area contributed by atoms with Crippen LogP contribution in [-0.4, -0.2) is 21.8 Å². The maximum atomic E-state index is 10.5. The van der Waals surface area contributed by atoms with E-state index in [1.165, 1.54) is 18.3 Å². The molecule has 0 amide bonds. The summed E-state index contributed by atoms with van der Waals surface area (Å²) in [7, 11) is 0. The van der Waals surface area contributed by atoms with Crippen molar-refractivity contribution in [1.29, 1.82) is 0 Å². The van der Waals surface area contributed by atoms with Gasteiger partial charge < -0.3 is 5.11 Å². The van der Waals surface area contributed by atoms with Gasteiger partial charge in [0.25, 0.3) is 0 Å². The molecule has 6 heteroatoms. The smallest absolute Gasteiger partial charge is 0.351 e. The molecule has 0 atom stereocenters. The molecule has 0 aliphatic rings. The Balaban J connectivity index is 2.22. The Morgan fingerprint density at radius 1 is 1.50 bits per heavy atom. The summed E-state index contributed by atoms with van der Waals surface area (Å²) >= 11 is 1.43. The zero-order chi connectivity index (χ0) is 11.5. The largest absolute Gasteiger partial charge is 0.477 e. The number of fused-ring (bicyclic) bond motifs is 1. The second kappa shape index (κ2) is 4.28. The first-order valence-electron chi connectivity index (χ1n) is 4.56. The van der Waals surface area contributed by atoms with Crippen molar-refractivity contribution in [1.82, 2.24) is 4.98 Å². The van der Waals surface area contributed by atoms with Crippen molar-refractivity contribution in [3.8, 4) is 0 Å². The van der Waals surface area contributed by atoms with Crippen molar-refractivity contribution in [3.63, 3.8) is 0 Å². The van der Waals surface area contributed by atoms with Crippen LogP contribution in [-0.2, 0) is 4.79 Å². The minimum absolute atomic E-state index is 0.000689. The molecular formula is C10H9N3O2S. The van der Waals surface area contributed by atoms with E-state index in [0.717, 1.165) is 10.2 Å². The highest BCUT2D eigenvalue weighted by molar-refractivity contribution is 7.22. The number of para-hydroxylation sites is 1. The predicted octanol–water partition coefficient (Wildman–Crippen LogP) is 2.17. The zero-order valence-electron chi connectivity index (χ0n) is 8.47. The number of carboxylic acids is 1. The number of rotatable bonds is 3. The van der Waals surface area contributed by atoms with Gasteiger partial charge in [-0.15, -0.1) is 0 Å². The molecule has 0 saturated heterocycles. The third-order valence-corrected chi connectivity index (χ3v) is 2.86. The molecule has 0 saturated carbocycles. The van der Waals surface area contributed by atoms with E-state index in [1.807, 2.05) is 24.3 Å². The maximum absolute atomic E-state index is 10.5. The predicted molar refractivity (Wildman–Crippen MR) is 64.0 cm³/mol. The van der Waals surface area contributed by atoms with E-state index in [2.05, 4.69) is 15.5 Å². The first-order valence-corrected chi connectivity index (χ1v) is 5.37. The molecule has 1 heterocycles. The molecule has 0 aliphatic heterocycles. The summed E-state index contributed by atoms with van der Waals surface area (Å²) in [5.74, 6) is -1.05. The zero-order valence-corrected chi connectivity index (χ0v) is 9.28. The quantitative estimate of drug-likeness (QED) is 0.631. The average Bonchev–Trinajstić information content (AvgIpc) is 2.68. The summed E-state index contributed by atoms with van der Waals surface area (Å²) in [5.41, 5.74) is 3.50. The van der Waals surface area contributed by atoms with Gasteiger partial charge in [0, 0.05) is 0 Å². The Morgan fingerprint density at radius 2 is 2.25 bits per heavy atom. The van der Waals surface area contributed by atoms with Crippen LogP contribution in [0.3, 0.4) is 0 Å². The van der Waals surface area contributed by atoms with Gasteiger partial charge in [-0.2, -0.15) is 5.10 Å². The number of carbonyl (C=O) groups is 1. The van der Waals surface area contributed by atoms with Gasteiger partial charge in [0.05, 0.1) is 10.2 Å². The van der Waals surface area contributed by atoms with Gasteiger partial charge in [0.1, 0.15) is 5.71 Å². The first-order chi connectivity index (χ1) is 7.66. The summed E-state index contributed by atoms with van der Waals surface area (Å²) < 4.78 is 1.04. The molecular weight excluding hydrogens is 226 g/mol. The number of nitrogens with one attached hydrogen (secondary N) is 1. The van der Waals surface area contributed by atoms with Gasteiger partial charge in [-0.3, -0.25) is 5.43 Å². The van der Waals surface area contributed by atoms with Gasteiger partial charge in [0.2, 0.25) is 5.13 Å². The number of carboxylic acid groups (broad SMARTS) is 1. The highest BCUT2D eigenvalue weighted by atomic mass is 32.1. The number of hydrogen-bond acceptors (Lipinski definition) is 5. The Labute approximate surface area is 95.4 Å². The van der Waals surface area contributed by atoms with E-state index >= 15 is 0 Å². The molecule has 0 fully saturated rings.